The van der Waals surface area contributed by atoms with E-state index >= 15 is 0 Å². The van der Waals surface area contributed by atoms with Crippen LogP contribution in [-0.2, 0) is 5.75 Å². The summed E-state index contributed by atoms with van der Waals surface area (Å²) < 4.78 is 13.9. The van der Waals surface area contributed by atoms with E-state index in [2.05, 4.69) is 11.8 Å². The van der Waals surface area contributed by atoms with Gasteiger partial charge in [0.15, 0.2) is 0 Å². The standard InChI is InChI=1S/C16H12ClFOS/c17-14-5-7-15(8-6-14)20-11-13-4-3-12(2-1-9-19)10-16(13)18/h3-8,10,19H,9,11H2. The van der Waals surface area contributed by atoms with Crippen molar-refractivity contribution < 1.29 is 9.50 Å². The molecule has 102 valence electrons. The number of halogens is 2. The predicted molar refractivity (Wildman–Crippen MR) is 81.4 cm³/mol. The second-order valence-corrected chi connectivity index (χ2v) is 5.49. The average Bonchev–Trinajstić information content (AvgIpc) is 2.46. The summed E-state index contributed by atoms with van der Waals surface area (Å²) in [6.07, 6.45) is 0. The highest BCUT2D eigenvalue weighted by atomic mass is 35.5. The zero-order valence-electron chi connectivity index (χ0n) is 10.6. The molecule has 0 heterocycles. The summed E-state index contributed by atoms with van der Waals surface area (Å²) in [5, 5.41) is 9.29. The topological polar surface area (TPSA) is 20.2 Å². The third-order valence-electron chi connectivity index (χ3n) is 2.57. The Bertz CT molecular complexity index is 644. The van der Waals surface area contributed by atoms with Gasteiger partial charge >= 0.3 is 0 Å². The van der Waals surface area contributed by atoms with Crippen LogP contribution in [0.3, 0.4) is 0 Å². The van der Waals surface area contributed by atoms with E-state index in [0.29, 0.717) is 21.9 Å². The molecule has 0 radical (unpaired) electrons. The van der Waals surface area contributed by atoms with Crippen LogP contribution in [0, 0.1) is 17.7 Å². The smallest absolute Gasteiger partial charge is 0.128 e. The lowest BCUT2D eigenvalue weighted by Gasteiger charge is -2.04. The molecule has 0 amide bonds. The van der Waals surface area contributed by atoms with Crippen molar-refractivity contribution in [3.8, 4) is 11.8 Å². The molecule has 0 bridgehead atoms. The van der Waals surface area contributed by atoms with Crippen LogP contribution in [0.1, 0.15) is 11.1 Å². The Labute approximate surface area is 126 Å². The van der Waals surface area contributed by atoms with Crippen molar-refractivity contribution in [1.29, 1.82) is 0 Å². The number of aliphatic hydroxyl groups is 1. The molecule has 0 saturated heterocycles. The molecule has 0 spiro atoms. The van der Waals surface area contributed by atoms with Crippen LogP contribution >= 0.6 is 23.4 Å². The van der Waals surface area contributed by atoms with E-state index in [9.17, 15) is 4.39 Å². The van der Waals surface area contributed by atoms with Crippen LogP contribution < -0.4 is 0 Å². The molecule has 1 N–H and O–H groups in total. The van der Waals surface area contributed by atoms with E-state index in [1.54, 1.807) is 23.9 Å². The van der Waals surface area contributed by atoms with Crippen LogP contribution in [0.4, 0.5) is 4.39 Å². The van der Waals surface area contributed by atoms with Gasteiger partial charge in [-0.2, -0.15) is 0 Å². The first-order chi connectivity index (χ1) is 9.69. The zero-order chi connectivity index (χ0) is 14.4. The van der Waals surface area contributed by atoms with Crippen LogP contribution in [0.25, 0.3) is 0 Å². The van der Waals surface area contributed by atoms with Crippen molar-refractivity contribution in [2.75, 3.05) is 6.61 Å². The van der Waals surface area contributed by atoms with Crippen LogP contribution in [-0.4, -0.2) is 11.7 Å². The quantitative estimate of drug-likeness (QED) is 0.680. The summed E-state index contributed by atoms with van der Waals surface area (Å²) in [5.74, 6) is 5.44. The zero-order valence-corrected chi connectivity index (χ0v) is 12.1. The van der Waals surface area contributed by atoms with Gasteiger partial charge in [0.05, 0.1) is 0 Å². The fourth-order valence-corrected chi connectivity index (χ4v) is 2.59. The van der Waals surface area contributed by atoms with Crippen molar-refractivity contribution in [1.82, 2.24) is 0 Å². The van der Waals surface area contributed by atoms with Gasteiger partial charge in [0.1, 0.15) is 12.4 Å². The lowest BCUT2D eigenvalue weighted by Crippen LogP contribution is -1.89. The molecule has 0 fully saturated rings. The molecular weight excluding hydrogens is 295 g/mol. The van der Waals surface area contributed by atoms with Gasteiger partial charge in [0.2, 0.25) is 0 Å². The highest BCUT2D eigenvalue weighted by Crippen LogP contribution is 2.25. The van der Waals surface area contributed by atoms with Crippen molar-refractivity contribution >= 4 is 23.4 Å². The molecule has 1 nitrogen and oxygen atoms in total. The van der Waals surface area contributed by atoms with E-state index in [0.717, 1.165) is 4.90 Å². The Balaban J connectivity index is 2.04. The second kappa shape index (κ2) is 7.35. The van der Waals surface area contributed by atoms with Gasteiger partial charge in [-0.05, 0) is 42.0 Å². The Hall–Kier alpha value is -1.47. The van der Waals surface area contributed by atoms with Gasteiger partial charge in [-0.15, -0.1) is 11.8 Å². The van der Waals surface area contributed by atoms with E-state index in [-0.39, 0.29) is 12.4 Å². The molecule has 0 aliphatic carbocycles. The molecule has 0 atom stereocenters. The number of hydrogen-bond acceptors (Lipinski definition) is 2. The Morgan fingerprint density at radius 1 is 1.15 bits per heavy atom. The van der Waals surface area contributed by atoms with Crippen molar-refractivity contribution in [3.63, 3.8) is 0 Å². The van der Waals surface area contributed by atoms with Crippen molar-refractivity contribution in [2.24, 2.45) is 0 Å². The van der Waals surface area contributed by atoms with E-state index in [1.165, 1.54) is 6.07 Å². The maximum Gasteiger partial charge on any atom is 0.128 e. The van der Waals surface area contributed by atoms with Gasteiger partial charge in [-0.25, -0.2) is 4.39 Å². The largest absolute Gasteiger partial charge is 0.384 e. The Morgan fingerprint density at radius 3 is 2.55 bits per heavy atom. The number of hydrogen-bond donors (Lipinski definition) is 1. The molecule has 0 aliphatic rings. The van der Waals surface area contributed by atoms with Crippen LogP contribution in [0.2, 0.25) is 5.02 Å². The fourth-order valence-electron chi connectivity index (χ4n) is 1.58. The monoisotopic (exact) mass is 306 g/mol. The molecule has 2 rings (SSSR count). The number of aliphatic hydroxyl groups excluding tert-OH is 1. The first-order valence-corrected chi connectivity index (χ1v) is 7.32. The SMILES string of the molecule is OCC#Cc1ccc(CSc2ccc(Cl)cc2)c(F)c1. The summed E-state index contributed by atoms with van der Waals surface area (Å²) in [6.45, 7) is -0.226. The molecular formula is C16H12ClFOS. The normalized spacial score (nSPS) is 9.95. The third kappa shape index (κ3) is 4.28. The number of rotatable bonds is 3. The van der Waals surface area contributed by atoms with Crippen LogP contribution in [0.15, 0.2) is 47.4 Å². The maximum atomic E-state index is 13.9. The molecule has 4 heteroatoms. The molecule has 0 aliphatic heterocycles. The van der Waals surface area contributed by atoms with E-state index < -0.39 is 0 Å². The van der Waals surface area contributed by atoms with E-state index in [1.807, 2.05) is 24.3 Å². The molecule has 0 unspecified atom stereocenters. The maximum absolute atomic E-state index is 13.9. The van der Waals surface area contributed by atoms with Gasteiger partial charge < -0.3 is 5.11 Å². The summed E-state index contributed by atoms with van der Waals surface area (Å²) >= 11 is 7.36. The first kappa shape index (κ1) is 14.9. The Morgan fingerprint density at radius 2 is 1.90 bits per heavy atom. The summed E-state index contributed by atoms with van der Waals surface area (Å²) in [4.78, 5) is 1.04. The lowest BCUT2D eigenvalue weighted by molar-refractivity contribution is 0.350. The van der Waals surface area contributed by atoms with Gasteiger partial charge in [0.25, 0.3) is 0 Å². The minimum absolute atomic E-state index is 0.226. The summed E-state index contributed by atoms with van der Waals surface area (Å²) in [5.41, 5.74) is 1.19. The minimum Gasteiger partial charge on any atom is -0.384 e. The summed E-state index contributed by atoms with van der Waals surface area (Å²) in [6, 6.07) is 12.3. The minimum atomic E-state index is -0.281. The van der Waals surface area contributed by atoms with Crippen molar-refractivity contribution in [2.45, 2.75) is 10.6 Å². The van der Waals surface area contributed by atoms with Gasteiger partial charge in [-0.1, -0.05) is 29.5 Å². The number of thioether (sulfide) groups is 1. The number of benzene rings is 2. The molecule has 2 aromatic carbocycles. The Kier molecular flexibility index (Phi) is 5.49. The summed E-state index contributed by atoms with van der Waals surface area (Å²) in [7, 11) is 0. The molecule has 20 heavy (non-hydrogen) atoms. The van der Waals surface area contributed by atoms with E-state index in [4.69, 9.17) is 16.7 Å². The first-order valence-electron chi connectivity index (χ1n) is 5.95. The van der Waals surface area contributed by atoms with Crippen molar-refractivity contribution in [3.05, 3.63) is 64.4 Å². The molecule has 0 aromatic heterocycles. The second-order valence-electron chi connectivity index (χ2n) is 4.01. The molecule has 0 saturated carbocycles. The predicted octanol–water partition coefficient (Wildman–Crippen LogP) is 4.12. The van der Waals surface area contributed by atoms with Gasteiger partial charge in [0, 0.05) is 21.2 Å². The molecule has 2 aromatic rings. The third-order valence-corrected chi connectivity index (χ3v) is 3.89. The highest BCUT2D eigenvalue weighted by molar-refractivity contribution is 7.98. The van der Waals surface area contributed by atoms with Gasteiger partial charge in [-0.3, -0.25) is 0 Å². The van der Waals surface area contributed by atoms with Crippen LogP contribution in [0.5, 0.6) is 0 Å². The lowest BCUT2D eigenvalue weighted by atomic mass is 10.1. The average molecular weight is 307 g/mol. The highest BCUT2D eigenvalue weighted by Gasteiger charge is 2.04. The fraction of sp³-hybridized carbons (Fsp3) is 0.125.